The fraction of sp³-hybridized carbons (Fsp3) is 0.0909. The zero-order valence-electron chi connectivity index (χ0n) is 14.5. The molecule has 3 rings (SSSR count). The number of hydrogen-bond donors (Lipinski definition) is 0. The van der Waals surface area contributed by atoms with Gasteiger partial charge in [-0.25, -0.2) is 4.79 Å². The molecular formula is C22H20BrO2P. The number of benzene rings is 3. The lowest BCUT2D eigenvalue weighted by Gasteiger charge is -2.30. The lowest BCUT2D eigenvalue weighted by molar-refractivity contribution is -0.134. The standard InChI is InChI=1S/C22H20BrO2P/c1-2-25-22(24)21(23)26(18-12-6-3-7-13-18,19-14-8-4-9-15-19)20-16-10-5-11-17-20/h3-17H,2H2,1H3. The first-order valence-corrected chi connectivity index (χ1v) is 11.1. The molecular weight excluding hydrogens is 407 g/mol. The normalized spacial score (nSPS) is 11.0. The van der Waals surface area contributed by atoms with Gasteiger partial charge in [-0.3, -0.25) is 0 Å². The Labute approximate surface area is 162 Å². The van der Waals surface area contributed by atoms with Gasteiger partial charge >= 0.3 is 5.97 Å². The molecule has 0 heterocycles. The molecule has 0 aromatic heterocycles. The van der Waals surface area contributed by atoms with Crippen LogP contribution in [0, 0.1) is 0 Å². The van der Waals surface area contributed by atoms with Crippen molar-refractivity contribution in [2.45, 2.75) is 6.92 Å². The van der Waals surface area contributed by atoms with E-state index in [4.69, 9.17) is 4.74 Å². The predicted octanol–water partition coefficient (Wildman–Crippen LogP) is 4.07. The number of carbonyl (C=O) groups is 1. The Bertz CT molecular complexity index is 819. The predicted molar refractivity (Wildman–Crippen MR) is 116 cm³/mol. The van der Waals surface area contributed by atoms with Crippen molar-refractivity contribution < 1.29 is 9.53 Å². The van der Waals surface area contributed by atoms with E-state index >= 15 is 0 Å². The Morgan fingerprint density at radius 3 is 1.42 bits per heavy atom. The second-order valence-electron chi connectivity index (χ2n) is 5.69. The van der Waals surface area contributed by atoms with E-state index in [2.05, 4.69) is 52.3 Å². The molecule has 3 aromatic carbocycles. The molecule has 0 atom stereocenters. The van der Waals surface area contributed by atoms with Crippen molar-refractivity contribution in [3.05, 3.63) is 91.0 Å². The van der Waals surface area contributed by atoms with Crippen LogP contribution in [-0.4, -0.2) is 16.8 Å². The monoisotopic (exact) mass is 426 g/mol. The van der Waals surface area contributed by atoms with E-state index in [1.807, 2.05) is 61.5 Å². The largest absolute Gasteiger partial charge is 0.462 e. The summed E-state index contributed by atoms with van der Waals surface area (Å²) in [6.07, 6.45) is 0. The van der Waals surface area contributed by atoms with Crippen molar-refractivity contribution in [2.24, 2.45) is 0 Å². The molecule has 26 heavy (non-hydrogen) atoms. The number of esters is 1. The van der Waals surface area contributed by atoms with E-state index in [-0.39, 0.29) is 5.97 Å². The molecule has 2 nitrogen and oxygen atoms in total. The van der Waals surface area contributed by atoms with E-state index in [1.165, 1.54) is 0 Å². The second kappa shape index (κ2) is 8.53. The molecule has 0 aliphatic carbocycles. The minimum absolute atomic E-state index is 0.308. The molecule has 0 radical (unpaired) electrons. The zero-order valence-corrected chi connectivity index (χ0v) is 17.0. The summed E-state index contributed by atoms with van der Waals surface area (Å²) in [5.74, 6) is -0.308. The molecule has 3 aromatic rings. The van der Waals surface area contributed by atoms with Gasteiger partial charge in [0.1, 0.15) is 4.20 Å². The SMILES string of the molecule is CCOC(=O)C(Br)=P(c1ccccc1)(c1ccccc1)c1ccccc1. The first-order chi connectivity index (χ1) is 12.7. The average Bonchev–Trinajstić information content (AvgIpc) is 2.71. The Balaban J connectivity index is 2.48. The highest BCUT2D eigenvalue weighted by atomic mass is 79.9. The third kappa shape index (κ3) is 3.42. The first-order valence-electron chi connectivity index (χ1n) is 8.47. The smallest absolute Gasteiger partial charge is 0.346 e. The molecule has 0 saturated carbocycles. The number of ether oxygens (including phenoxy) is 1. The molecule has 132 valence electrons. The van der Waals surface area contributed by atoms with Gasteiger partial charge in [0.15, 0.2) is 0 Å². The maximum absolute atomic E-state index is 12.8. The van der Waals surface area contributed by atoms with Gasteiger partial charge < -0.3 is 4.74 Å². The van der Waals surface area contributed by atoms with Crippen LogP contribution in [0.15, 0.2) is 91.0 Å². The number of rotatable bonds is 5. The van der Waals surface area contributed by atoms with Crippen molar-refractivity contribution in [3.8, 4) is 0 Å². The average molecular weight is 427 g/mol. The molecule has 0 saturated heterocycles. The third-order valence-corrected chi connectivity index (χ3v) is 10.1. The molecule has 0 N–H and O–H groups in total. The minimum Gasteiger partial charge on any atom is -0.462 e. The number of hydrogen-bond acceptors (Lipinski definition) is 2. The Hall–Kier alpha value is -2.09. The minimum atomic E-state index is -2.37. The highest BCUT2D eigenvalue weighted by molar-refractivity contribution is 9.20. The zero-order chi connectivity index (χ0) is 18.4. The van der Waals surface area contributed by atoms with E-state index in [0.29, 0.717) is 10.8 Å². The van der Waals surface area contributed by atoms with Gasteiger partial charge in [-0.2, -0.15) is 0 Å². The maximum Gasteiger partial charge on any atom is 0.346 e. The van der Waals surface area contributed by atoms with Gasteiger partial charge in [-0.15, -0.1) is 0 Å². The van der Waals surface area contributed by atoms with Crippen LogP contribution < -0.4 is 15.9 Å². The fourth-order valence-corrected chi connectivity index (χ4v) is 8.80. The van der Waals surface area contributed by atoms with Gasteiger partial charge in [0.2, 0.25) is 0 Å². The highest BCUT2D eigenvalue weighted by Crippen LogP contribution is 2.47. The number of halogens is 1. The molecule has 0 bridgehead atoms. The summed E-state index contributed by atoms with van der Waals surface area (Å²) in [4.78, 5) is 12.8. The van der Waals surface area contributed by atoms with Crippen LogP contribution >= 0.6 is 22.8 Å². The van der Waals surface area contributed by atoms with E-state index in [9.17, 15) is 4.79 Å². The summed E-state index contributed by atoms with van der Waals surface area (Å²) in [5, 5.41) is 3.33. The van der Waals surface area contributed by atoms with E-state index in [0.717, 1.165) is 15.9 Å². The van der Waals surface area contributed by atoms with Crippen molar-refractivity contribution in [1.82, 2.24) is 0 Å². The molecule has 0 aliphatic rings. The lowest BCUT2D eigenvalue weighted by Crippen LogP contribution is -2.31. The first kappa shape index (κ1) is 18.7. The van der Waals surface area contributed by atoms with Gasteiger partial charge in [0.05, 0.1) is 6.61 Å². The van der Waals surface area contributed by atoms with Crippen molar-refractivity contribution in [2.75, 3.05) is 6.61 Å². The summed E-state index contributed by atoms with van der Waals surface area (Å²) in [6, 6.07) is 30.6. The molecule has 0 aliphatic heterocycles. The van der Waals surface area contributed by atoms with Crippen LogP contribution in [0.1, 0.15) is 6.92 Å². The summed E-state index contributed by atoms with van der Waals surface area (Å²) < 4.78 is 5.96. The summed E-state index contributed by atoms with van der Waals surface area (Å²) in [7, 11) is 0. The van der Waals surface area contributed by atoms with Gasteiger partial charge in [-0.05, 0) is 45.7 Å². The maximum atomic E-state index is 12.8. The molecule has 4 heteroatoms. The van der Waals surface area contributed by atoms with Crippen LogP contribution in [0.2, 0.25) is 0 Å². The van der Waals surface area contributed by atoms with E-state index < -0.39 is 6.89 Å². The second-order valence-corrected chi connectivity index (χ2v) is 10.4. The third-order valence-electron chi connectivity index (χ3n) is 4.17. The highest BCUT2D eigenvalue weighted by Gasteiger charge is 2.32. The van der Waals surface area contributed by atoms with E-state index in [1.54, 1.807) is 0 Å². The van der Waals surface area contributed by atoms with Crippen molar-refractivity contribution in [3.63, 3.8) is 0 Å². The van der Waals surface area contributed by atoms with Crippen LogP contribution in [0.3, 0.4) is 0 Å². The van der Waals surface area contributed by atoms with Gasteiger partial charge in [0, 0.05) is 0 Å². The molecule has 0 spiro atoms. The Morgan fingerprint density at radius 1 is 0.769 bits per heavy atom. The Kier molecular flexibility index (Phi) is 6.13. The topological polar surface area (TPSA) is 26.3 Å². The van der Waals surface area contributed by atoms with Crippen LogP contribution in [-0.2, 0) is 9.53 Å². The van der Waals surface area contributed by atoms with Crippen LogP contribution in [0.5, 0.6) is 0 Å². The Morgan fingerprint density at radius 2 is 1.12 bits per heavy atom. The van der Waals surface area contributed by atoms with Crippen LogP contribution in [0.4, 0.5) is 0 Å². The van der Waals surface area contributed by atoms with Gasteiger partial charge in [0.25, 0.3) is 0 Å². The quantitative estimate of drug-likeness (QED) is 0.454. The number of carbonyl (C=O) groups excluding carboxylic acids is 1. The molecule has 0 amide bonds. The van der Waals surface area contributed by atoms with Crippen molar-refractivity contribution in [1.29, 1.82) is 0 Å². The summed E-state index contributed by atoms with van der Waals surface area (Å²) >= 11 is 3.67. The lowest BCUT2D eigenvalue weighted by atomic mass is 10.4. The van der Waals surface area contributed by atoms with Crippen LogP contribution in [0.25, 0.3) is 0 Å². The van der Waals surface area contributed by atoms with Gasteiger partial charge in [-0.1, -0.05) is 91.0 Å². The summed E-state index contributed by atoms with van der Waals surface area (Å²) in [6.45, 7) is -0.207. The van der Waals surface area contributed by atoms with Crippen molar-refractivity contribution >= 4 is 48.9 Å². The molecule has 0 fully saturated rings. The fourth-order valence-electron chi connectivity index (χ4n) is 3.07. The summed E-state index contributed by atoms with van der Waals surface area (Å²) in [5.41, 5.74) is 0. The molecule has 0 unspecified atom stereocenters.